The number of methoxy groups -OCH3 is 1. The van der Waals surface area contributed by atoms with Crippen molar-refractivity contribution in [3.05, 3.63) is 99.9 Å². The number of carbonyl (C=O) groups is 2. The van der Waals surface area contributed by atoms with E-state index in [2.05, 4.69) is 18.2 Å². The number of fused-ring (bicyclic) bond motifs is 1. The number of benzene rings is 4. The third-order valence-corrected chi connectivity index (χ3v) is 7.58. The second-order valence-corrected chi connectivity index (χ2v) is 10.4. The van der Waals surface area contributed by atoms with Gasteiger partial charge in [0.15, 0.2) is 23.0 Å². The molecule has 0 N–H and O–H groups in total. The van der Waals surface area contributed by atoms with Gasteiger partial charge in [-0.3, -0.25) is 14.5 Å². The molecule has 0 bridgehead atoms. The highest BCUT2D eigenvalue weighted by atomic mass is 35.5. The van der Waals surface area contributed by atoms with Crippen LogP contribution < -0.4 is 18.9 Å². The smallest absolute Gasteiger partial charge is 0.293 e. The average Bonchev–Trinajstić information content (AvgIpc) is 3.24. The first-order valence-corrected chi connectivity index (χ1v) is 14.2. The summed E-state index contributed by atoms with van der Waals surface area (Å²) < 4.78 is 23.0. The third-order valence-electron chi connectivity index (χ3n) is 6.40. The monoisotopic (exact) mass is 589 g/mol. The van der Waals surface area contributed by atoms with E-state index in [1.54, 1.807) is 37.5 Å². The fourth-order valence-corrected chi connectivity index (χ4v) is 5.61. The molecule has 9 heteroatoms. The molecule has 0 radical (unpaired) electrons. The SMILES string of the molecule is CCOc1cc(/C=C2\SC(=O)N(CCOc3ccccc3OC)C2=O)cc(Cl)c1OCc1cccc2ccccc12. The van der Waals surface area contributed by atoms with Crippen molar-refractivity contribution in [2.45, 2.75) is 13.5 Å². The average molecular weight is 590 g/mol. The van der Waals surface area contributed by atoms with E-state index in [9.17, 15) is 9.59 Å². The minimum absolute atomic E-state index is 0.103. The van der Waals surface area contributed by atoms with Crippen molar-refractivity contribution in [1.29, 1.82) is 0 Å². The molecule has 1 saturated heterocycles. The predicted molar refractivity (Wildman–Crippen MR) is 162 cm³/mol. The molecule has 7 nitrogen and oxygen atoms in total. The summed E-state index contributed by atoms with van der Waals surface area (Å²) in [4.78, 5) is 27.1. The van der Waals surface area contributed by atoms with Crippen molar-refractivity contribution < 1.29 is 28.5 Å². The standard InChI is InChI=1S/C32H28ClNO6S/c1-3-38-28-18-21(17-25(33)30(28)40-20-23-11-8-10-22-9-4-5-12-24(22)23)19-29-31(35)34(32(36)41-29)15-16-39-27-14-7-6-13-26(27)37-2/h4-14,17-19H,3,15-16,20H2,1-2H3/b29-19-. The highest BCUT2D eigenvalue weighted by Crippen LogP contribution is 2.40. The summed E-state index contributed by atoms with van der Waals surface area (Å²) in [5.41, 5.74) is 1.64. The Hall–Kier alpha value is -4.14. The molecular formula is C32H28ClNO6S. The van der Waals surface area contributed by atoms with Crippen LogP contribution in [0.2, 0.25) is 5.02 Å². The van der Waals surface area contributed by atoms with Crippen molar-refractivity contribution in [2.75, 3.05) is 26.9 Å². The van der Waals surface area contributed by atoms with E-state index >= 15 is 0 Å². The maximum Gasteiger partial charge on any atom is 0.293 e. The molecule has 210 valence electrons. The molecule has 0 unspecified atom stereocenters. The largest absolute Gasteiger partial charge is 0.493 e. The third kappa shape index (κ3) is 6.45. The van der Waals surface area contributed by atoms with Crippen LogP contribution in [0.5, 0.6) is 23.0 Å². The van der Waals surface area contributed by atoms with Crippen molar-refractivity contribution in [2.24, 2.45) is 0 Å². The van der Waals surface area contributed by atoms with Crippen LogP contribution in [-0.2, 0) is 11.4 Å². The Kier molecular flexibility index (Phi) is 9.01. The predicted octanol–water partition coefficient (Wildman–Crippen LogP) is 7.59. The van der Waals surface area contributed by atoms with Gasteiger partial charge in [0, 0.05) is 0 Å². The van der Waals surface area contributed by atoms with E-state index in [1.165, 1.54) is 4.90 Å². The zero-order valence-electron chi connectivity index (χ0n) is 22.6. The van der Waals surface area contributed by atoms with Crippen molar-refractivity contribution in [3.8, 4) is 23.0 Å². The van der Waals surface area contributed by atoms with Crippen LogP contribution in [0.3, 0.4) is 0 Å². The molecular weight excluding hydrogens is 562 g/mol. The van der Waals surface area contributed by atoms with Gasteiger partial charge < -0.3 is 18.9 Å². The minimum Gasteiger partial charge on any atom is -0.493 e. The fourth-order valence-electron chi connectivity index (χ4n) is 4.47. The molecule has 0 aliphatic carbocycles. The van der Waals surface area contributed by atoms with Gasteiger partial charge in [-0.25, -0.2) is 0 Å². The van der Waals surface area contributed by atoms with Gasteiger partial charge in [-0.15, -0.1) is 0 Å². The second kappa shape index (κ2) is 13.0. The topological polar surface area (TPSA) is 74.3 Å². The minimum atomic E-state index is -0.394. The van der Waals surface area contributed by atoms with Gasteiger partial charge in [-0.2, -0.15) is 0 Å². The second-order valence-electron chi connectivity index (χ2n) is 9.02. The summed E-state index contributed by atoms with van der Waals surface area (Å²) in [6, 6.07) is 24.8. The quantitative estimate of drug-likeness (QED) is 0.167. The number of rotatable bonds is 11. The van der Waals surface area contributed by atoms with E-state index < -0.39 is 5.91 Å². The summed E-state index contributed by atoms with van der Waals surface area (Å²) >= 11 is 7.53. The highest BCUT2D eigenvalue weighted by Gasteiger charge is 2.35. The molecule has 1 fully saturated rings. The first kappa shape index (κ1) is 28.4. The van der Waals surface area contributed by atoms with Crippen LogP contribution in [0.1, 0.15) is 18.1 Å². The number of hydrogen-bond donors (Lipinski definition) is 0. The molecule has 0 spiro atoms. The molecule has 1 aliphatic rings. The maximum absolute atomic E-state index is 13.1. The molecule has 4 aromatic rings. The van der Waals surface area contributed by atoms with Crippen LogP contribution >= 0.6 is 23.4 Å². The number of thioether (sulfide) groups is 1. The molecule has 0 atom stereocenters. The zero-order valence-corrected chi connectivity index (χ0v) is 24.2. The summed E-state index contributed by atoms with van der Waals surface area (Å²) in [7, 11) is 1.55. The van der Waals surface area contributed by atoms with E-state index in [4.69, 9.17) is 30.5 Å². The van der Waals surface area contributed by atoms with Crippen LogP contribution in [0, 0.1) is 0 Å². The molecule has 2 amide bonds. The Morgan fingerprint density at radius 2 is 1.63 bits per heavy atom. The normalized spacial score (nSPS) is 14.1. The van der Waals surface area contributed by atoms with Crippen molar-refractivity contribution >= 4 is 51.4 Å². The lowest BCUT2D eigenvalue weighted by Crippen LogP contribution is -2.32. The molecule has 0 saturated carbocycles. The van der Waals surface area contributed by atoms with Crippen molar-refractivity contribution in [3.63, 3.8) is 0 Å². The van der Waals surface area contributed by atoms with Crippen LogP contribution in [-0.4, -0.2) is 42.9 Å². The van der Waals surface area contributed by atoms with Crippen LogP contribution in [0.25, 0.3) is 16.8 Å². The lowest BCUT2D eigenvalue weighted by molar-refractivity contribution is -0.123. The van der Waals surface area contributed by atoms with E-state index in [1.807, 2.05) is 43.3 Å². The first-order chi connectivity index (χ1) is 20.0. The molecule has 4 aromatic carbocycles. The summed E-state index contributed by atoms with van der Waals surface area (Å²) in [5.74, 6) is 1.59. The Bertz CT molecular complexity index is 1620. The van der Waals surface area contributed by atoms with Gasteiger partial charge in [0.1, 0.15) is 13.2 Å². The maximum atomic E-state index is 13.1. The van der Waals surface area contributed by atoms with E-state index in [0.717, 1.165) is 28.1 Å². The Balaban J connectivity index is 1.30. The van der Waals surface area contributed by atoms with Crippen molar-refractivity contribution in [1.82, 2.24) is 4.90 Å². The number of hydrogen-bond acceptors (Lipinski definition) is 7. The highest BCUT2D eigenvalue weighted by molar-refractivity contribution is 8.18. The van der Waals surface area contributed by atoms with Gasteiger partial charge in [-0.05, 0) is 70.9 Å². The molecule has 0 aromatic heterocycles. The molecule has 1 heterocycles. The summed E-state index contributed by atoms with van der Waals surface area (Å²) in [5, 5.41) is 2.20. The van der Waals surface area contributed by atoms with Gasteiger partial charge in [0.05, 0.1) is 30.2 Å². The number of imide groups is 1. The zero-order chi connectivity index (χ0) is 28.8. The molecule has 5 rings (SSSR count). The Morgan fingerprint density at radius 3 is 2.44 bits per heavy atom. The van der Waals surface area contributed by atoms with E-state index in [0.29, 0.717) is 46.8 Å². The van der Waals surface area contributed by atoms with Crippen LogP contribution in [0.4, 0.5) is 4.79 Å². The van der Waals surface area contributed by atoms with Gasteiger partial charge >= 0.3 is 0 Å². The number of para-hydroxylation sites is 2. The summed E-state index contributed by atoms with van der Waals surface area (Å²) in [6.45, 7) is 2.80. The van der Waals surface area contributed by atoms with Gasteiger partial charge in [0.25, 0.3) is 11.1 Å². The van der Waals surface area contributed by atoms with Crippen LogP contribution in [0.15, 0.2) is 83.8 Å². The number of carbonyl (C=O) groups excluding carboxylic acids is 2. The Labute approximate surface area is 247 Å². The number of ether oxygens (including phenoxy) is 4. The number of amides is 2. The summed E-state index contributed by atoms with van der Waals surface area (Å²) in [6.07, 6.45) is 1.63. The van der Waals surface area contributed by atoms with Gasteiger partial charge in [-0.1, -0.05) is 66.2 Å². The lowest BCUT2D eigenvalue weighted by Gasteiger charge is -2.16. The lowest BCUT2D eigenvalue weighted by atomic mass is 10.1. The number of nitrogens with zero attached hydrogens (tertiary/aromatic N) is 1. The molecule has 41 heavy (non-hydrogen) atoms. The van der Waals surface area contributed by atoms with E-state index in [-0.39, 0.29) is 23.3 Å². The Morgan fingerprint density at radius 1 is 0.878 bits per heavy atom. The fraction of sp³-hybridized carbons (Fsp3) is 0.188. The first-order valence-electron chi connectivity index (χ1n) is 13.1. The van der Waals surface area contributed by atoms with Gasteiger partial charge in [0.2, 0.25) is 0 Å². The molecule has 1 aliphatic heterocycles. The number of halogens is 1.